The lowest BCUT2D eigenvalue weighted by molar-refractivity contribution is -0.132. The molecule has 2 aromatic rings. The lowest BCUT2D eigenvalue weighted by Crippen LogP contribution is -2.47. The Bertz CT molecular complexity index is 1070. The van der Waals surface area contributed by atoms with Crippen LogP contribution in [0.5, 0.6) is 17.2 Å². The third-order valence-electron chi connectivity index (χ3n) is 4.93. The summed E-state index contributed by atoms with van der Waals surface area (Å²) in [5.74, 6) is 0.922. The van der Waals surface area contributed by atoms with Crippen LogP contribution < -0.4 is 14.8 Å². The van der Waals surface area contributed by atoms with Crippen LogP contribution in [0.3, 0.4) is 0 Å². The number of hydrogen-bond acceptors (Lipinski definition) is 7. The molecule has 0 radical (unpaired) electrons. The highest BCUT2D eigenvalue weighted by molar-refractivity contribution is 8.26. The van der Waals surface area contributed by atoms with E-state index in [2.05, 4.69) is 5.32 Å². The fourth-order valence-corrected chi connectivity index (χ4v) is 4.64. The standard InChI is InChI=1S/C22H20N2O5S2/c1-13(20(26)23-9-8-14-2-5-16(25)6-3-14)24-21(27)19(31-22(24)30)11-15-4-7-17-18(10-15)29-12-28-17/h2-7,10-11,13,25H,8-9,12H2,1H3,(H,23,26)/b19-11-. The van der Waals surface area contributed by atoms with E-state index in [1.807, 2.05) is 6.07 Å². The topological polar surface area (TPSA) is 88.1 Å². The van der Waals surface area contributed by atoms with Gasteiger partial charge in [-0.3, -0.25) is 14.5 Å². The van der Waals surface area contributed by atoms with Gasteiger partial charge in [0.25, 0.3) is 5.91 Å². The zero-order valence-electron chi connectivity index (χ0n) is 16.7. The molecular formula is C22H20N2O5S2. The number of fused-ring (bicyclic) bond motifs is 1. The number of nitrogens with one attached hydrogen (secondary N) is 1. The van der Waals surface area contributed by atoms with Gasteiger partial charge >= 0.3 is 0 Å². The van der Waals surface area contributed by atoms with Crippen LogP contribution in [0.25, 0.3) is 6.08 Å². The van der Waals surface area contributed by atoms with Crippen molar-refractivity contribution in [2.75, 3.05) is 13.3 Å². The number of phenolic OH excluding ortho intramolecular Hbond substituents is 1. The first-order chi connectivity index (χ1) is 14.9. The third kappa shape index (κ3) is 4.67. The van der Waals surface area contributed by atoms with E-state index in [0.29, 0.717) is 33.7 Å². The molecule has 0 bridgehead atoms. The molecule has 0 saturated carbocycles. The van der Waals surface area contributed by atoms with E-state index in [-0.39, 0.29) is 24.4 Å². The Morgan fingerprint density at radius 1 is 1.26 bits per heavy atom. The normalized spacial score (nSPS) is 17.3. The Hall–Kier alpha value is -3.04. The van der Waals surface area contributed by atoms with Gasteiger partial charge in [0.1, 0.15) is 16.1 Å². The number of hydrogen-bond donors (Lipinski definition) is 2. The van der Waals surface area contributed by atoms with Crippen molar-refractivity contribution in [1.29, 1.82) is 0 Å². The number of rotatable bonds is 6. The summed E-state index contributed by atoms with van der Waals surface area (Å²) in [4.78, 5) is 27.3. The maximum Gasteiger partial charge on any atom is 0.266 e. The Morgan fingerprint density at radius 2 is 2.00 bits per heavy atom. The number of aromatic hydroxyl groups is 1. The van der Waals surface area contributed by atoms with Crippen molar-refractivity contribution in [2.24, 2.45) is 0 Å². The molecule has 160 valence electrons. The average Bonchev–Trinajstić information content (AvgIpc) is 3.32. The molecule has 2 N–H and O–H groups in total. The largest absolute Gasteiger partial charge is 0.508 e. The summed E-state index contributed by atoms with van der Waals surface area (Å²) in [6.07, 6.45) is 2.35. The number of benzene rings is 2. The Balaban J connectivity index is 1.38. The summed E-state index contributed by atoms with van der Waals surface area (Å²) in [5, 5.41) is 12.2. The van der Waals surface area contributed by atoms with E-state index in [9.17, 15) is 14.7 Å². The van der Waals surface area contributed by atoms with Crippen molar-refractivity contribution in [2.45, 2.75) is 19.4 Å². The van der Waals surface area contributed by atoms with Gasteiger partial charge in [-0.25, -0.2) is 0 Å². The fourth-order valence-electron chi connectivity index (χ4n) is 3.23. The third-order valence-corrected chi connectivity index (χ3v) is 6.26. The monoisotopic (exact) mass is 456 g/mol. The molecule has 1 atom stereocenters. The minimum Gasteiger partial charge on any atom is -0.508 e. The highest BCUT2D eigenvalue weighted by atomic mass is 32.2. The first kappa shape index (κ1) is 21.2. The summed E-state index contributed by atoms with van der Waals surface area (Å²) in [6, 6.07) is 11.5. The molecule has 2 heterocycles. The first-order valence-corrected chi connectivity index (χ1v) is 10.9. The maximum absolute atomic E-state index is 12.9. The molecule has 7 nitrogen and oxygen atoms in total. The van der Waals surface area contributed by atoms with Crippen molar-refractivity contribution in [3.8, 4) is 17.2 Å². The quantitative estimate of drug-likeness (QED) is 0.510. The van der Waals surface area contributed by atoms with Crippen LogP contribution in [-0.4, -0.2) is 45.5 Å². The van der Waals surface area contributed by atoms with Crippen LogP contribution in [0.2, 0.25) is 0 Å². The van der Waals surface area contributed by atoms with Crippen molar-refractivity contribution in [3.63, 3.8) is 0 Å². The molecular weight excluding hydrogens is 436 g/mol. The predicted octanol–water partition coefficient (Wildman–Crippen LogP) is 3.07. The van der Waals surface area contributed by atoms with E-state index < -0.39 is 6.04 Å². The lowest BCUT2D eigenvalue weighted by atomic mass is 10.1. The average molecular weight is 457 g/mol. The number of carbonyl (C=O) groups excluding carboxylic acids is 2. The number of ether oxygens (including phenoxy) is 2. The van der Waals surface area contributed by atoms with Gasteiger partial charge in [-0.2, -0.15) is 0 Å². The number of thioether (sulfide) groups is 1. The molecule has 2 aromatic carbocycles. The Kier molecular flexibility index (Phi) is 6.15. The molecule has 2 aliphatic heterocycles. The molecule has 9 heteroatoms. The molecule has 0 spiro atoms. The fraction of sp³-hybridized carbons (Fsp3) is 0.227. The highest BCUT2D eigenvalue weighted by Gasteiger charge is 2.38. The summed E-state index contributed by atoms with van der Waals surface area (Å²) in [7, 11) is 0. The second kappa shape index (κ2) is 8.99. The summed E-state index contributed by atoms with van der Waals surface area (Å²) in [6.45, 7) is 2.25. The van der Waals surface area contributed by atoms with Gasteiger partial charge in [0.05, 0.1) is 4.91 Å². The van der Waals surface area contributed by atoms with Crippen molar-refractivity contribution >= 4 is 46.2 Å². The lowest BCUT2D eigenvalue weighted by Gasteiger charge is -2.22. The van der Waals surface area contributed by atoms with Gasteiger partial charge in [0.2, 0.25) is 12.7 Å². The van der Waals surface area contributed by atoms with Gasteiger partial charge < -0.3 is 19.9 Å². The van der Waals surface area contributed by atoms with Gasteiger partial charge in [0, 0.05) is 6.54 Å². The van der Waals surface area contributed by atoms with Crippen LogP contribution >= 0.6 is 24.0 Å². The molecule has 2 aliphatic rings. The first-order valence-electron chi connectivity index (χ1n) is 9.65. The van der Waals surface area contributed by atoms with Gasteiger partial charge in [0.15, 0.2) is 11.5 Å². The van der Waals surface area contributed by atoms with Crippen LogP contribution in [0.1, 0.15) is 18.1 Å². The van der Waals surface area contributed by atoms with Crippen LogP contribution in [0.15, 0.2) is 47.4 Å². The number of nitrogens with zero attached hydrogens (tertiary/aromatic N) is 1. The van der Waals surface area contributed by atoms with E-state index in [1.54, 1.807) is 49.4 Å². The molecule has 1 fully saturated rings. The molecule has 2 amide bonds. The minimum absolute atomic E-state index is 0.181. The van der Waals surface area contributed by atoms with Gasteiger partial charge in [-0.15, -0.1) is 0 Å². The molecule has 1 unspecified atom stereocenters. The Morgan fingerprint density at radius 3 is 2.77 bits per heavy atom. The van der Waals surface area contributed by atoms with E-state index in [0.717, 1.165) is 11.1 Å². The van der Waals surface area contributed by atoms with Crippen LogP contribution in [0.4, 0.5) is 0 Å². The van der Waals surface area contributed by atoms with Crippen molar-refractivity contribution in [1.82, 2.24) is 10.2 Å². The Labute approximate surface area is 189 Å². The van der Waals surface area contributed by atoms with Crippen molar-refractivity contribution in [3.05, 3.63) is 58.5 Å². The van der Waals surface area contributed by atoms with E-state index >= 15 is 0 Å². The van der Waals surface area contributed by atoms with Crippen molar-refractivity contribution < 1.29 is 24.2 Å². The zero-order chi connectivity index (χ0) is 22.0. The zero-order valence-corrected chi connectivity index (χ0v) is 18.3. The second-order valence-electron chi connectivity index (χ2n) is 7.05. The summed E-state index contributed by atoms with van der Waals surface area (Å²) >= 11 is 6.54. The SMILES string of the molecule is CC(C(=O)NCCc1ccc(O)cc1)N1C(=O)/C(=C/c2ccc3c(c2)OCO3)SC1=S. The number of amides is 2. The van der Waals surface area contributed by atoms with Gasteiger partial charge in [-0.1, -0.05) is 42.2 Å². The predicted molar refractivity (Wildman–Crippen MR) is 122 cm³/mol. The van der Waals surface area contributed by atoms with Crippen LogP contribution in [-0.2, 0) is 16.0 Å². The van der Waals surface area contributed by atoms with E-state index in [1.165, 1.54) is 16.7 Å². The molecule has 4 rings (SSSR count). The van der Waals surface area contributed by atoms with E-state index in [4.69, 9.17) is 21.7 Å². The van der Waals surface area contributed by atoms with Crippen LogP contribution in [0, 0.1) is 0 Å². The molecule has 0 aliphatic carbocycles. The molecule has 0 aromatic heterocycles. The summed E-state index contributed by atoms with van der Waals surface area (Å²) in [5.41, 5.74) is 1.78. The number of thiocarbonyl (C=S) groups is 1. The molecule has 1 saturated heterocycles. The highest BCUT2D eigenvalue weighted by Crippen LogP contribution is 2.37. The number of phenols is 1. The van der Waals surface area contributed by atoms with Gasteiger partial charge in [-0.05, 0) is 54.8 Å². The molecule has 31 heavy (non-hydrogen) atoms. The maximum atomic E-state index is 12.9. The second-order valence-corrected chi connectivity index (χ2v) is 8.72. The summed E-state index contributed by atoms with van der Waals surface area (Å²) < 4.78 is 11.0. The number of carbonyl (C=O) groups is 2. The minimum atomic E-state index is -0.727. The smallest absolute Gasteiger partial charge is 0.266 e.